The van der Waals surface area contributed by atoms with Gasteiger partial charge in [0.15, 0.2) is 5.69 Å². The smallest absolute Gasteiger partial charge is 0.330 e. The van der Waals surface area contributed by atoms with E-state index in [2.05, 4.69) is 4.98 Å². The van der Waals surface area contributed by atoms with Crippen LogP contribution in [0.5, 0.6) is 0 Å². The van der Waals surface area contributed by atoms with Crippen LogP contribution in [0.25, 0.3) is 0 Å². The van der Waals surface area contributed by atoms with Crippen LogP contribution >= 0.6 is 11.8 Å². The summed E-state index contributed by atoms with van der Waals surface area (Å²) in [4.78, 5) is 40.9. The van der Waals surface area contributed by atoms with Gasteiger partial charge in [-0.1, -0.05) is 32.6 Å². The first-order chi connectivity index (χ1) is 12.5. The molecule has 1 aromatic heterocycles. The van der Waals surface area contributed by atoms with Crippen LogP contribution in [0.3, 0.4) is 0 Å². The highest BCUT2D eigenvalue weighted by molar-refractivity contribution is 8.00. The van der Waals surface area contributed by atoms with E-state index in [1.54, 1.807) is 11.8 Å². The fourth-order valence-corrected chi connectivity index (χ4v) is 4.54. The number of nitrogens with one attached hydrogen (secondary N) is 1. The molecule has 0 aromatic carbocycles. The number of rotatable bonds is 8. The first-order valence-corrected chi connectivity index (χ1v) is 10.6. The van der Waals surface area contributed by atoms with Crippen molar-refractivity contribution in [1.29, 1.82) is 0 Å². The van der Waals surface area contributed by atoms with E-state index >= 15 is 0 Å². The lowest BCUT2D eigenvalue weighted by Gasteiger charge is -2.25. The van der Waals surface area contributed by atoms with E-state index in [0.29, 0.717) is 24.1 Å². The second kappa shape index (κ2) is 9.85. The minimum atomic E-state index is -0.599. The summed E-state index contributed by atoms with van der Waals surface area (Å²) in [6.45, 7) is 4.58. The van der Waals surface area contributed by atoms with Gasteiger partial charge >= 0.3 is 5.69 Å². The molecule has 1 aliphatic rings. The number of hydrogen-bond acceptors (Lipinski definition) is 5. The number of nitrogens with zero attached hydrogens (tertiary/aromatic N) is 2. The Morgan fingerprint density at radius 2 is 1.96 bits per heavy atom. The lowest BCUT2D eigenvalue weighted by Crippen LogP contribution is -2.42. The fraction of sp³-hybridized carbons (Fsp3) is 0.722. The van der Waals surface area contributed by atoms with Gasteiger partial charge in [0.05, 0.1) is 5.75 Å². The molecule has 1 heterocycles. The zero-order valence-electron chi connectivity index (χ0n) is 15.8. The molecule has 1 amide bonds. The summed E-state index contributed by atoms with van der Waals surface area (Å²) >= 11 is 1.66. The standard InChI is InChI=1S/C18H30N4O3S/c1-3-5-11-22-16(19)15(17(24)20-18(22)25)21(4-2)14(23)12-26-13-9-7-6-8-10-13/h13H,3-12,19H2,1-2H3,(H,20,24,25). The van der Waals surface area contributed by atoms with E-state index in [1.165, 1.54) is 28.7 Å². The minimum absolute atomic E-state index is 0.0741. The second-order valence-electron chi connectivity index (χ2n) is 6.71. The molecular weight excluding hydrogens is 352 g/mol. The zero-order chi connectivity index (χ0) is 19.1. The molecule has 0 saturated heterocycles. The Labute approximate surface area is 158 Å². The van der Waals surface area contributed by atoms with Crippen molar-refractivity contribution in [2.45, 2.75) is 70.6 Å². The second-order valence-corrected chi connectivity index (χ2v) is 8.00. The number of nitrogens with two attached hydrogens (primary N) is 1. The number of aromatic amines is 1. The Morgan fingerprint density at radius 3 is 2.58 bits per heavy atom. The Kier molecular flexibility index (Phi) is 7.81. The minimum Gasteiger partial charge on any atom is -0.383 e. The van der Waals surface area contributed by atoms with Gasteiger partial charge in [0.1, 0.15) is 5.82 Å². The maximum absolute atomic E-state index is 12.7. The summed E-state index contributed by atoms with van der Waals surface area (Å²) in [6.07, 6.45) is 7.68. The molecule has 3 N–H and O–H groups in total. The molecule has 8 heteroatoms. The number of nitrogen functional groups attached to an aromatic ring is 1. The summed E-state index contributed by atoms with van der Waals surface area (Å²) in [5, 5.41) is 0.514. The molecule has 0 bridgehead atoms. The molecule has 1 saturated carbocycles. The van der Waals surface area contributed by atoms with E-state index in [0.717, 1.165) is 25.7 Å². The lowest BCUT2D eigenvalue weighted by atomic mass is 10.0. The van der Waals surface area contributed by atoms with Crippen molar-refractivity contribution >= 4 is 29.2 Å². The van der Waals surface area contributed by atoms with Gasteiger partial charge in [0.2, 0.25) is 5.91 Å². The Hall–Kier alpha value is -1.70. The third kappa shape index (κ3) is 4.93. The number of anilines is 2. The molecular formula is C18H30N4O3S. The van der Waals surface area contributed by atoms with Crippen molar-refractivity contribution in [2.24, 2.45) is 0 Å². The first-order valence-electron chi connectivity index (χ1n) is 9.54. The van der Waals surface area contributed by atoms with Crippen LogP contribution < -0.4 is 21.9 Å². The Bertz CT molecular complexity index is 722. The van der Waals surface area contributed by atoms with Crippen molar-refractivity contribution in [3.8, 4) is 0 Å². The van der Waals surface area contributed by atoms with Gasteiger partial charge in [-0.2, -0.15) is 0 Å². The average molecular weight is 383 g/mol. The lowest BCUT2D eigenvalue weighted by molar-refractivity contribution is -0.116. The van der Waals surface area contributed by atoms with Crippen molar-refractivity contribution in [3.63, 3.8) is 0 Å². The largest absolute Gasteiger partial charge is 0.383 e. The molecule has 146 valence electrons. The molecule has 1 aliphatic carbocycles. The Morgan fingerprint density at radius 1 is 1.27 bits per heavy atom. The number of amides is 1. The number of carbonyl (C=O) groups excluding carboxylic acids is 1. The molecule has 0 radical (unpaired) electrons. The van der Waals surface area contributed by atoms with E-state index in [9.17, 15) is 14.4 Å². The SMILES string of the molecule is CCCCn1c(N)c(N(CC)C(=O)CSC2CCCCC2)c(=O)[nH]c1=O. The summed E-state index contributed by atoms with van der Waals surface area (Å²) in [5.41, 5.74) is 5.09. The van der Waals surface area contributed by atoms with Gasteiger partial charge in [0, 0.05) is 18.3 Å². The van der Waals surface area contributed by atoms with Crippen LogP contribution in [-0.4, -0.2) is 33.0 Å². The van der Waals surface area contributed by atoms with Crippen molar-refractivity contribution < 1.29 is 4.79 Å². The van der Waals surface area contributed by atoms with E-state index < -0.39 is 11.2 Å². The van der Waals surface area contributed by atoms with Crippen LogP contribution in [0.1, 0.15) is 58.8 Å². The van der Waals surface area contributed by atoms with Crippen LogP contribution in [0, 0.1) is 0 Å². The van der Waals surface area contributed by atoms with Crippen LogP contribution in [0.2, 0.25) is 0 Å². The fourth-order valence-electron chi connectivity index (χ4n) is 3.33. The van der Waals surface area contributed by atoms with Crippen LogP contribution in [0.15, 0.2) is 9.59 Å². The summed E-state index contributed by atoms with van der Waals surface area (Å²) < 4.78 is 1.35. The first kappa shape index (κ1) is 20.6. The van der Waals surface area contributed by atoms with E-state index in [4.69, 9.17) is 5.73 Å². The maximum atomic E-state index is 12.7. The number of carbonyl (C=O) groups is 1. The highest BCUT2D eigenvalue weighted by Crippen LogP contribution is 2.29. The number of unbranched alkanes of at least 4 members (excludes halogenated alkanes) is 1. The third-order valence-electron chi connectivity index (χ3n) is 4.83. The predicted molar refractivity (Wildman–Crippen MR) is 108 cm³/mol. The molecule has 26 heavy (non-hydrogen) atoms. The van der Waals surface area contributed by atoms with Crippen molar-refractivity contribution in [2.75, 3.05) is 22.9 Å². The van der Waals surface area contributed by atoms with E-state index in [-0.39, 0.29) is 17.4 Å². The van der Waals surface area contributed by atoms with Gasteiger partial charge in [-0.25, -0.2) is 4.79 Å². The molecule has 0 aliphatic heterocycles. The normalized spacial score (nSPS) is 15.2. The molecule has 2 rings (SSSR count). The quantitative estimate of drug-likeness (QED) is 0.718. The monoisotopic (exact) mass is 382 g/mol. The number of aromatic nitrogens is 2. The van der Waals surface area contributed by atoms with Crippen LogP contribution in [0.4, 0.5) is 11.5 Å². The van der Waals surface area contributed by atoms with Crippen molar-refractivity contribution in [3.05, 3.63) is 20.8 Å². The molecule has 0 unspecified atom stereocenters. The van der Waals surface area contributed by atoms with Gasteiger partial charge < -0.3 is 10.6 Å². The molecule has 0 atom stereocenters. The molecule has 1 fully saturated rings. The topological polar surface area (TPSA) is 101 Å². The summed E-state index contributed by atoms with van der Waals surface area (Å²) in [6, 6.07) is 0. The van der Waals surface area contributed by atoms with Gasteiger partial charge in [-0.05, 0) is 26.2 Å². The third-order valence-corrected chi connectivity index (χ3v) is 6.19. The van der Waals surface area contributed by atoms with Gasteiger partial charge in [-0.3, -0.25) is 19.1 Å². The summed E-state index contributed by atoms with van der Waals surface area (Å²) in [7, 11) is 0. The number of hydrogen-bond donors (Lipinski definition) is 2. The van der Waals surface area contributed by atoms with Crippen molar-refractivity contribution in [1.82, 2.24) is 9.55 Å². The molecule has 7 nitrogen and oxygen atoms in total. The average Bonchev–Trinajstić information content (AvgIpc) is 2.63. The maximum Gasteiger partial charge on any atom is 0.330 e. The molecule has 0 spiro atoms. The van der Waals surface area contributed by atoms with Gasteiger partial charge in [0.25, 0.3) is 5.56 Å². The highest BCUT2D eigenvalue weighted by Gasteiger charge is 2.24. The van der Waals surface area contributed by atoms with E-state index in [1.807, 2.05) is 13.8 Å². The Balaban J connectivity index is 2.20. The summed E-state index contributed by atoms with van der Waals surface area (Å²) in [5.74, 6) is 0.261. The molecule has 1 aromatic rings. The number of H-pyrrole nitrogens is 1. The van der Waals surface area contributed by atoms with Gasteiger partial charge in [-0.15, -0.1) is 11.8 Å². The highest BCUT2D eigenvalue weighted by atomic mass is 32.2. The van der Waals surface area contributed by atoms with Crippen LogP contribution in [-0.2, 0) is 11.3 Å². The predicted octanol–water partition coefficient (Wildman–Crippen LogP) is 2.34. The number of thioether (sulfide) groups is 1. The zero-order valence-corrected chi connectivity index (χ0v) is 16.6.